The van der Waals surface area contributed by atoms with Gasteiger partial charge in [-0.2, -0.15) is 4.98 Å². The van der Waals surface area contributed by atoms with Gasteiger partial charge in [-0.3, -0.25) is 5.32 Å². The average molecular weight is 387 g/mol. The van der Waals surface area contributed by atoms with Crippen LogP contribution in [-0.4, -0.2) is 46.9 Å². The summed E-state index contributed by atoms with van der Waals surface area (Å²) < 4.78 is 18.1. The number of nitrogens with zero attached hydrogens (tertiary/aromatic N) is 3. The predicted octanol–water partition coefficient (Wildman–Crippen LogP) is 2.31. The fourth-order valence-corrected chi connectivity index (χ4v) is 2.09. The molecule has 10 heteroatoms. The van der Waals surface area contributed by atoms with Gasteiger partial charge in [0.2, 0.25) is 5.95 Å². The van der Waals surface area contributed by atoms with Gasteiger partial charge in [-0.15, -0.1) is 0 Å². The summed E-state index contributed by atoms with van der Waals surface area (Å²) in [6, 6.07) is 5.37. The molecule has 0 aliphatic carbocycles. The summed E-state index contributed by atoms with van der Waals surface area (Å²) in [5.41, 5.74) is 1.50. The van der Waals surface area contributed by atoms with Crippen LogP contribution in [0, 0.1) is 11.2 Å². The van der Waals surface area contributed by atoms with E-state index in [1.54, 1.807) is 26.0 Å². The lowest BCUT2D eigenvalue weighted by Gasteiger charge is -2.13. The number of amides is 2. The number of allylic oxidation sites excluding steroid dienone is 1. The maximum absolute atomic E-state index is 13.0. The number of anilines is 1. The van der Waals surface area contributed by atoms with Gasteiger partial charge in [0.1, 0.15) is 12.1 Å². The molecule has 4 N–H and O–H groups in total. The molecule has 1 aromatic carbocycles. The number of ether oxygens (including phenoxy) is 1. The summed E-state index contributed by atoms with van der Waals surface area (Å²) in [7, 11) is 1.42. The molecule has 0 fully saturated rings. The molecular formula is C18H22FN7O2. The molecule has 148 valence electrons. The number of nitrogens with one attached hydrogen (secondary N) is 4. The molecule has 0 bridgehead atoms. The molecule has 0 aliphatic rings. The van der Waals surface area contributed by atoms with Crippen molar-refractivity contribution in [3.05, 3.63) is 47.9 Å². The Morgan fingerprint density at radius 2 is 1.89 bits per heavy atom. The number of aromatic nitrogens is 3. The molecule has 0 saturated carbocycles. The van der Waals surface area contributed by atoms with Gasteiger partial charge < -0.3 is 20.8 Å². The van der Waals surface area contributed by atoms with Gasteiger partial charge in [-0.1, -0.05) is 0 Å². The second kappa shape index (κ2) is 9.95. The summed E-state index contributed by atoms with van der Waals surface area (Å²) in [5.74, 6) is 0.636. The van der Waals surface area contributed by atoms with E-state index in [4.69, 9.17) is 10.1 Å². The average Bonchev–Trinajstić information content (AvgIpc) is 2.69. The Bertz CT molecular complexity index is 868. The highest BCUT2D eigenvalue weighted by molar-refractivity contribution is 5.96. The van der Waals surface area contributed by atoms with Crippen molar-refractivity contribution in [2.75, 3.05) is 25.5 Å². The molecule has 0 atom stereocenters. The lowest BCUT2D eigenvalue weighted by molar-refractivity contribution is 0.223. The van der Waals surface area contributed by atoms with Crippen LogP contribution in [0.15, 0.2) is 42.0 Å². The van der Waals surface area contributed by atoms with Crippen molar-refractivity contribution in [1.82, 2.24) is 25.6 Å². The first-order chi connectivity index (χ1) is 13.4. The summed E-state index contributed by atoms with van der Waals surface area (Å²) >= 11 is 0. The Kier molecular flexibility index (Phi) is 7.37. The van der Waals surface area contributed by atoms with Crippen molar-refractivity contribution >= 4 is 17.7 Å². The summed E-state index contributed by atoms with van der Waals surface area (Å²) in [6.45, 7) is 3.95. The van der Waals surface area contributed by atoms with E-state index in [1.165, 1.54) is 25.6 Å². The van der Waals surface area contributed by atoms with Gasteiger partial charge in [0.15, 0.2) is 11.7 Å². The van der Waals surface area contributed by atoms with E-state index < -0.39 is 6.03 Å². The van der Waals surface area contributed by atoms with E-state index in [0.29, 0.717) is 41.7 Å². The SMILES string of the molecule is CO/C(NC(=O)NCCNc1ncnc(-c2ccc(F)cc2)n1)=C(/C)C(C)=N. The number of carbonyl (C=O) groups is 1. The summed E-state index contributed by atoms with van der Waals surface area (Å²) in [5, 5.41) is 15.8. The Balaban J connectivity index is 1.84. The third kappa shape index (κ3) is 6.01. The highest BCUT2D eigenvalue weighted by Crippen LogP contribution is 2.15. The van der Waals surface area contributed by atoms with E-state index in [2.05, 4.69) is 30.9 Å². The van der Waals surface area contributed by atoms with Gasteiger partial charge in [0.05, 0.1) is 7.11 Å². The first-order valence-corrected chi connectivity index (χ1v) is 8.44. The van der Waals surface area contributed by atoms with Crippen LogP contribution in [0.4, 0.5) is 15.1 Å². The third-order valence-electron chi connectivity index (χ3n) is 3.70. The zero-order valence-corrected chi connectivity index (χ0v) is 15.8. The Morgan fingerprint density at radius 1 is 1.18 bits per heavy atom. The van der Waals surface area contributed by atoms with E-state index in [9.17, 15) is 9.18 Å². The molecule has 2 rings (SSSR count). The third-order valence-corrected chi connectivity index (χ3v) is 3.70. The quantitative estimate of drug-likeness (QED) is 0.313. The summed E-state index contributed by atoms with van der Waals surface area (Å²) in [6.07, 6.45) is 1.35. The molecule has 0 unspecified atom stereocenters. The van der Waals surface area contributed by atoms with E-state index >= 15 is 0 Å². The highest BCUT2D eigenvalue weighted by atomic mass is 19.1. The smallest absolute Gasteiger partial charge is 0.321 e. The number of hydrogen-bond donors (Lipinski definition) is 4. The number of benzene rings is 1. The molecule has 0 saturated heterocycles. The number of carbonyl (C=O) groups excluding carboxylic acids is 1. The number of methoxy groups -OCH3 is 1. The van der Waals surface area contributed by atoms with Crippen LogP contribution in [0.2, 0.25) is 0 Å². The highest BCUT2D eigenvalue weighted by Gasteiger charge is 2.09. The molecule has 0 aliphatic heterocycles. The Labute approximate surface area is 162 Å². The molecule has 1 heterocycles. The van der Waals surface area contributed by atoms with E-state index in [1.807, 2.05) is 0 Å². The molecule has 28 heavy (non-hydrogen) atoms. The van der Waals surface area contributed by atoms with E-state index in [-0.39, 0.29) is 11.7 Å². The molecule has 9 nitrogen and oxygen atoms in total. The monoisotopic (exact) mass is 387 g/mol. The zero-order chi connectivity index (χ0) is 20.5. The van der Waals surface area contributed by atoms with E-state index in [0.717, 1.165) is 0 Å². The Morgan fingerprint density at radius 3 is 2.54 bits per heavy atom. The Hall–Kier alpha value is -3.56. The number of halogens is 1. The second-order valence-electron chi connectivity index (χ2n) is 5.73. The van der Waals surface area contributed by atoms with Crippen molar-refractivity contribution in [1.29, 1.82) is 5.41 Å². The van der Waals surface area contributed by atoms with Gasteiger partial charge in [0, 0.05) is 29.9 Å². The van der Waals surface area contributed by atoms with Crippen molar-refractivity contribution in [2.24, 2.45) is 0 Å². The van der Waals surface area contributed by atoms with Crippen molar-refractivity contribution < 1.29 is 13.9 Å². The molecule has 2 aromatic rings. The van der Waals surface area contributed by atoms with Crippen molar-refractivity contribution in [3.63, 3.8) is 0 Å². The molecule has 0 radical (unpaired) electrons. The van der Waals surface area contributed by atoms with Crippen LogP contribution in [0.1, 0.15) is 13.8 Å². The van der Waals surface area contributed by atoms with Crippen LogP contribution in [0.25, 0.3) is 11.4 Å². The second-order valence-corrected chi connectivity index (χ2v) is 5.73. The minimum atomic E-state index is -0.457. The van der Waals surface area contributed by atoms with Gasteiger partial charge in [-0.25, -0.2) is 19.2 Å². The van der Waals surface area contributed by atoms with Crippen molar-refractivity contribution in [3.8, 4) is 11.4 Å². The first-order valence-electron chi connectivity index (χ1n) is 8.44. The minimum absolute atomic E-state index is 0.222. The van der Waals surface area contributed by atoms with Crippen LogP contribution in [0.3, 0.4) is 0 Å². The van der Waals surface area contributed by atoms with Crippen LogP contribution >= 0.6 is 0 Å². The normalized spacial score (nSPS) is 11.3. The number of rotatable bonds is 8. The van der Waals surface area contributed by atoms with Gasteiger partial charge in [-0.05, 0) is 38.1 Å². The number of urea groups is 1. The van der Waals surface area contributed by atoms with Gasteiger partial charge >= 0.3 is 6.03 Å². The molecule has 2 amide bonds. The zero-order valence-electron chi connectivity index (χ0n) is 15.8. The molecule has 1 aromatic heterocycles. The fourth-order valence-electron chi connectivity index (χ4n) is 2.09. The molecular weight excluding hydrogens is 365 g/mol. The van der Waals surface area contributed by atoms with Gasteiger partial charge in [0.25, 0.3) is 0 Å². The lowest BCUT2D eigenvalue weighted by atomic mass is 10.2. The van der Waals surface area contributed by atoms with Crippen LogP contribution < -0.4 is 16.0 Å². The predicted molar refractivity (Wildman–Crippen MR) is 103 cm³/mol. The fraction of sp³-hybridized carbons (Fsp3) is 0.278. The minimum Gasteiger partial charge on any atom is -0.482 e. The van der Waals surface area contributed by atoms with Crippen LogP contribution in [0.5, 0.6) is 0 Å². The van der Waals surface area contributed by atoms with Crippen molar-refractivity contribution in [2.45, 2.75) is 13.8 Å². The maximum atomic E-state index is 13.0. The lowest BCUT2D eigenvalue weighted by Crippen LogP contribution is -2.38. The maximum Gasteiger partial charge on any atom is 0.321 e. The summed E-state index contributed by atoms with van der Waals surface area (Å²) in [4.78, 5) is 24.3. The first kappa shape index (κ1) is 20.7. The topological polar surface area (TPSA) is 125 Å². The molecule has 0 spiro atoms. The standard InChI is InChI=1S/C18H22FN7O2/c1-11(12(2)20)16(28-3)26-18(27)22-9-8-21-17-24-10-23-15(25-17)13-4-6-14(19)7-5-13/h4-7,10,20H,8-9H2,1-3H3,(H2,22,26,27)(H,21,23,24,25)/b16-11-,20-12?. The van der Waals surface area contributed by atoms with Crippen LogP contribution in [-0.2, 0) is 4.74 Å². The number of hydrogen-bond acceptors (Lipinski definition) is 7. The largest absolute Gasteiger partial charge is 0.482 e.